The van der Waals surface area contributed by atoms with Gasteiger partial charge in [-0.2, -0.15) is 0 Å². The molecule has 0 aliphatic carbocycles. The van der Waals surface area contributed by atoms with Crippen molar-refractivity contribution in [3.63, 3.8) is 0 Å². The molecule has 0 spiro atoms. The maximum absolute atomic E-state index is 12.1. The fourth-order valence-corrected chi connectivity index (χ4v) is 2.24. The SMILES string of the molecule is Cl.N[C@H](c1ccc(OC(F)(F)F)cc1)c1c([N+](=O)[O-])ccc(Cl)c1O. The van der Waals surface area contributed by atoms with Crippen LogP contribution in [0.3, 0.4) is 0 Å². The second kappa shape index (κ2) is 7.77. The van der Waals surface area contributed by atoms with Gasteiger partial charge in [0.1, 0.15) is 11.5 Å². The van der Waals surface area contributed by atoms with E-state index in [1.165, 1.54) is 12.1 Å². The van der Waals surface area contributed by atoms with Crippen LogP contribution >= 0.6 is 24.0 Å². The third kappa shape index (κ3) is 4.88. The highest BCUT2D eigenvalue weighted by molar-refractivity contribution is 6.32. The molecule has 0 aliphatic rings. The van der Waals surface area contributed by atoms with Gasteiger partial charge in [-0.1, -0.05) is 23.7 Å². The Labute approximate surface area is 150 Å². The van der Waals surface area contributed by atoms with E-state index in [1.807, 2.05) is 0 Å². The Morgan fingerprint density at radius 2 is 1.76 bits per heavy atom. The molecule has 0 aliphatic heterocycles. The van der Waals surface area contributed by atoms with E-state index in [0.717, 1.165) is 24.3 Å². The monoisotopic (exact) mass is 398 g/mol. The minimum atomic E-state index is -4.84. The van der Waals surface area contributed by atoms with Crippen LogP contribution in [0.1, 0.15) is 17.2 Å². The summed E-state index contributed by atoms with van der Waals surface area (Å²) in [6.45, 7) is 0. The van der Waals surface area contributed by atoms with Crippen LogP contribution in [0.2, 0.25) is 5.02 Å². The lowest BCUT2D eigenvalue weighted by molar-refractivity contribution is -0.385. The van der Waals surface area contributed by atoms with Crippen molar-refractivity contribution in [2.24, 2.45) is 5.73 Å². The van der Waals surface area contributed by atoms with Crippen LogP contribution in [0.15, 0.2) is 36.4 Å². The second-order valence-corrected chi connectivity index (χ2v) is 5.09. The predicted octanol–water partition coefficient (Wildman–Crippen LogP) is 4.32. The summed E-state index contributed by atoms with van der Waals surface area (Å²) in [6.07, 6.45) is -4.84. The van der Waals surface area contributed by atoms with Crippen LogP contribution in [-0.2, 0) is 0 Å². The Hall–Kier alpha value is -2.23. The topological polar surface area (TPSA) is 98.6 Å². The third-order valence-corrected chi connectivity index (χ3v) is 3.43. The molecule has 11 heteroatoms. The van der Waals surface area contributed by atoms with Gasteiger partial charge in [-0.15, -0.1) is 25.6 Å². The number of aromatic hydroxyl groups is 1. The van der Waals surface area contributed by atoms with E-state index >= 15 is 0 Å². The van der Waals surface area contributed by atoms with Crippen LogP contribution in [0.5, 0.6) is 11.5 Å². The van der Waals surface area contributed by atoms with Gasteiger partial charge >= 0.3 is 6.36 Å². The number of halogens is 5. The second-order valence-electron chi connectivity index (χ2n) is 4.68. The quantitative estimate of drug-likeness (QED) is 0.589. The molecule has 6 nitrogen and oxygen atoms in total. The summed E-state index contributed by atoms with van der Waals surface area (Å²) < 4.78 is 40.1. The van der Waals surface area contributed by atoms with Gasteiger partial charge in [0.15, 0.2) is 0 Å². The number of hydrogen-bond donors (Lipinski definition) is 2. The summed E-state index contributed by atoms with van der Waals surface area (Å²) in [6, 6.07) is 5.48. The number of nitrogens with two attached hydrogens (primary N) is 1. The average molecular weight is 399 g/mol. The lowest BCUT2D eigenvalue weighted by Crippen LogP contribution is -2.17. The molecule has 2 aromatic rings. The number of nitrogens with zero attached hydrogens (tertiary/aromatic N) is 1. The molecule has 0 bridgehead atoms. The van der Waals surface area contributed by atoms with Crippen molar-refractivity contribution in [3.05, 3.63) is 62.7 Å². The Balaban J connectivity index is 0.00000312. The normalized spacial score (nSPS) is 12.2. The lowest BCUT2D eigenvalue weighted by Gasteiger charge is -2.16. The number of benzene rings is 2. The van der Waals surface area contributed by atoms with E-state index in [4.69, 9.17) is 17.3 Å². The molecule has 136 valence electrons. The Morgan fingerprint density at radius 1 is 1.20 bits per heavy atom. The van der Waals surface area contributed by atoms with Crippen molar-refractivity contribution in [1.29, 1.82) is 0 Å². The summed E-state index contributed by atoms with van der Waals surface area (Å²) in [5.74, 6) is -1.03. The number of nitro groups is 1. The first-order valence-corrected chi connectivity index (χ1v) is 6.75. The zero-order chi connectivity index (χ0) is 18.1. The number of rotatable bonds is 4. The molecule has 2 aromatic carbocycles. The molecule has 0 fully saturated rings. The van der Waals surface area contributed by atoms with Crippen molar-refractivity contribution < 1.29 is 27.9 Å². The largest absolute Gasteiger partial charge is 0.573 e. The Bertz CT molecular complexity index is 770. The maximum atomic E-state index is 12.1. The number of phenols is 1. The van der Waals surface area contributed by atoms with Crippen LogP contribution in [0.4, 0.5) is 18.9 Å². The molecule has 0 saturated carbocycles. The summed E-state index contributed by atoms with van der Waals surface area (Å²) >= 11 is 5.75. The first-order valence-electron chi connectivity index (χ1n) is 6.37. The highest BCUT2D eigenvalue weighted by atomic mass is 35.5. The van der Waals surface area contributed by atoms with Gasteiger partial charge in [0.25, 0.3) is 5.69 Å². The molecule has 2 rings (SSSR count). The standard InChI is InChI=1S/C14H10ClF3N2O4.ClH/c15-9-5-6-10(20(22)23)11(13(9)21)12(19)7-1-3-8(4-2-7)24-14(16,17)18;/h1-6,12,21H,19H2;1H/t12-;/m1./s1. The molecule has 0 saturated heterocycles. The molecule has 3 N–H and O–H groups in total. The molecule has 25 heavy (non-hydrogen) atoms. The molecule has 1 atom stereocenters. The zero-order valence-corrected chi connectivity index (χ0v) is 13.7. The number of ether oxygens (including phenoxy) is 1. The van der Waals surface area contributed by atoms with Crippen molar-refractivity contribution >= 4 is 29.7 Å². The minimum Gasteiger partial charge on any atom is -0.506 e. The number of alkyl halides is 3. The van der Waals surface area contributed by atoms with Crippen LogP contribution < -0.4 is 10.5 Å². The fourth-order valence-electron chi connectivity index (χ4n) is 2.08. The molecular weight excluding hydrogens is 388 g/mol. The van der Waals surface area contributed by atoms with Crippen LogP contribution in [0, 0.1) is 10.1 Å². The first kappa shape index (κ1) is 20.8. The maximum Gasteiger partial charge on any atom is 0.573 e. The predicted molar refractivity (Wildman–Crippen MR) is 86.2 cm³/mol. The average Bonchev–Trinajstić information content (AvgIpc) is 2.48. The summed E-state index contributed by atoms with van der Waals surface area (Å²) in [7, 11) is 0. The highest BCUT2D eigenvalue weighted by Crippen LogP contribution is 2.40. The van der Waals surface area contributed by atoms with Gasteiger partial charge in [0.05, 0.1) is 21.6 Å². The van der Waals surface area contributed by atoms with Crippen molar-refractivity contribution in [2.75, 3.05) is 0 Å². The van der Waals surface area contributed by atoms with Crippen molar-refractivity contribution in [3.8, 4) is 11.5 Å². The summed E-state index contributed by atoms with van der Waals surface area (Å²) in [5, 5.41) is 20.9. The molecule has 0 heterocycles. The smallest absolute Gasteiger partial charge is 0.506 e. The summed E-state index contributed by atoms with van der Waals surface area (Å²) in [5.41, 5.74) is 5.45. The number of phenolic OH excluding ortho intramolecular Hbond substituents is 1. The molecule has 0 radical (unpaired) electrons. The van der Waals surface area contributed by atoms with Crippen LogP contribution in [0.25, 0.3) is 0 Å². The van der Waals surface area contributed by atoms with E-state index in [-0.39, 0.29) is 28.6 Å². The number of hydrogen-bond acceptors (Lipinski definition) is 5. The highest BCUT2D eigenvalue weighted by Gasteiger charge is 2.31. The lowest BCUT2D eigenvalue weighted by atomic mass is 9.97. The van der Waals surface area contributed by atoms with Gasteiger partial charge in [0.2, 0.25) is 0 Å². The Morgan fingerprint density at radius 3 is 2.24 bits per heavy atom. The van der Waals surface area contributed by atoms with Gasteiger partial charge in [-0.3, -0.25) is 10.1 Å². The van der Waals surface area contributed by atoms with Gasteiger partial charge in [0, 0.05) is 6.07 Å². The summed E-state index contributed by atoms with van der Waals surface area (Å²) in [4.78, 5) is 10.3. The molecule has 0 aromatic heterocycles. The van der Waals surface area contributed by atoms with Gasteiger partial charge in [-0.05, 0) is 23.8 Å². The molecule has 0 unspecified atom stereocenters. The minimum absolute atomic E-state index is 0. The molecule has 0 amide bonds. The van der Waals surface area contributed by atoms with E-state index < -0.39 is 34.5 Å². The van der Waals surface area contributed by atoms with E-state index in [1.54, 1.807) is 0 Å². The van der Waals surface area contributed by atoms with Crippen molar-refractivity contribution in [1.82, 2.24) is 0 Å². The van der Waals surface area contributed by atoms with Crippen LogP contribution in [-0.4, -0.2) is 16.4 Å². The van der Waals surface area contributed by atoms with E-state index in [0.29, 0.717) is 0 Å². The number of nitro benzene ring substituents is 1. The van der Waals surface area contributed by atoms with E-state index in [9.17, 15) is 28.4 Å². The van der Waals surface area contributed by atoms with Crippen molar-refractivity contribution in [2.45, 2.75) is 12.4 Å². The van der Waals surface area contributed by atoms with Gasteiger partial charge in [-0.25, -0.2) is 0 Å². The first-order chi connectivity index (χ1) is 11.1. The third-order valence-electron chi connectivity index (χ3n) is 3.13. The van der Waals surface area contributed by atoms with Gasteiger partial charge < -0.3 is 15.6 Å². The fraction of sp³-hybridized carbons (Fsp3) is 0.143. The van der Waals surface area contributed by atoms with E-state index in [2.05, 4.69) is 4.74 Å². The zero-order valence-electron chi connectivity index (χ0n) is 12.2. The Kier molecular flexibility index (Phi) is 6.47. The molecular formula is C14H11Cl2F3N2O4.